The fourth-order valence-corrected chi connectivity index (χ4v) is 4.97. The van der Waals surface area contributed by atoms with Crippen molar-refractivity contribution in [3.05, 3.63) is 138 Å². The Kier molecular flexibility index (Phi) is 5.52. The van der Waals surface area contributed by atoms with Gasteiger partial charge < -0.3 is 8.83 Å². The van der Waals surface area contributed by atoms with Crippen LogP contribution in [-0.2, 0) is 12.8 Å². The normalized spacial score (nSPS) is 11.4. The first-order valence-corrected chi connectivity index (χ1v) is 12.6. The van der Waals surface area contributed by atoms with Gasteiger partial charge in [0.25, 0.3) is 0 Å². The van der Waals surface area contributed by atoms with Crippen molar-refractivity contribution < 1.29 is 8.83 Å². The molecular formula is C33H23N3O2. The molecule has 4 aromatic carbocycles. The first-order valence-electron chi connectivity index (χ1n) is 12.6. The predicted molar refractivity (Wildman–Crippen MR) is 149 cm³/mol. The molecule has 7 aromatic rings. The highest BCUT2D eigenvalue weighted by Crippen LogP contribution is 2.26. The molecule has 0 spiro atoms. The van der Waals surface area contributed by atoms with Crippen molar-refractivity contribution in [2.45, 2.75) is 12.8 Å². The summed E-state index contributed by atoms with van der Waals surface area (Å²) in [5.41, 5.74) is 5.42. The molecule has 3 aromatic heterocycles. The van der Waals surface area contributed by atoms with E-state index in [1.807, 2.05) is 18.2 Å². The third-order valence-electron chi connectivity index (χ3n) is 6.79. The van der Waals surface area contributed by atoms with Gasteiger partial charge >= 0.3 is 0 Å². The smallest absolute Gasteiger partial charge is 0.245 e. The maximum absolute atomic E-state index is 5.83. The van der Waals surface area contributed by atoms with E-state index in [4.69, 9.17) is 23.8 Å². The van der Waals surface area contributed by atoms with Crippen LogP contribution in [0.4, 0.5) is 0 Å². The lowest BCUT2D eigenvalue weighted by Gasteiger charge is -2.04. The Bertz CT molecular complexity index is 1750. The van der Waals surface area contributed by atoms with Gasteiger partial charge in [0.2, 0.25) is 11.8 Å². The Hall–Kier alpha value is -5.03. The molecule has 3 heterocycles. The zero-order chi connectivity index (χ0) is 25.3. The number of hydrogen-bond donors (Lipinski definition) is 0. The summed E-state index contributed by atoms with van der Waals surface area (Å²) in [6.45, 7) is 0. The maximum Gasteiger partial charge on any atom is 0.245 e. The summed E-state index contributed by atoms with van der Waals surface area (Å²) in [4.78, 5) is 14.2. The van der Waals surface area contributed by atoms with Gasteiger partial charge in [-0.2, -0.15) is 0 Å². The van der Waals surface area contributed by atoms with Crippen LogP contribution < -0.4 is 0 Å². The van der Waals surface area contributed by atoms with Gasteiger partial charge in [-0.1, -0.05) is 91.0 Å². The summed E-state index contributed by atoms with van der Waals surface area (Å²) < 4.78 is 11.7. The number of hydrogen-bond acceptors (Lipinski definition) is 5. The van der Waals surface area contributed by atoms with Crippen LogP contribution in [0.25, 0.3) is 44.7 Å². The van der Waals surface area contributed by atoms with E-state index in [9.17, 15) is 0 Å². The number of nitrogens with zero attached hydrogens (tertiary/aromatic N) is 3. The van der Waals surface area contributed by atoms with Crippen LogP contribution in [0.1, 0.15) is 22.5 Å². The van der Waals surface area contributed by atoms with Crippen molar-refractivity contribution in [1.82, 2.24) is 15.0 Å². The van der Waals surface area contributed by atoms with E-state index in [2.05, 4.69) is 84.9 Å². The second-order valence-electron chi connectivity index (χ2n) is 9.33. The quantitative estimate of drug-likeness (QED) is 0.236. The summed E-state index contributed by atoms with van der Waals surface area (Å²) in [5.74, 6) is 0.953. The summed E-state index contributed by atoms with van der Waals surface area (Å²) in [7, 11) is 0. The van der Waals surface area contributed by atoms with Gasteiger partial charge in [0.1, 0.15) is 23.9 Å². The van der Waals surface area contributed by atoms with E-state index in [-0.39, 0.29) is 0 Å². The molecule has 0 unspecified atom stereocenters. The molecule has 0 aliphatic carbocycles. The summed E-state index contributed by atoms with van der Waals surface area (Å²) in [6, 6.07) is 35.1. The lowest BCUT2D eigenvalue weighted by Crippen LogP contribution is -1.92. The van der Waals surface area contributed by atoms with Crippen LogP contribution >= 0.6 is 0 Å². The standard InChI is InChI=1S/C33H23N3O2/c1-3-14-28-22(8-1)10-5-12-24(28)18-26-20-37-32(34-26)30-16-7-17-31(36-30)33-35-27(21-38-33)19-25-13-6-11-23-9-2-4-15-29(23)25/h1-17,20-21H,18-19H2. The largest absolute Gasteiger partial charge is 0.443 e. The van der Waals surface area contributed by atoms with Gasteiger partial charge in [0.05, 0.1) is 11.4 Å². The van der Waals surface area contributed by atoms with Crippen LogP contribution in [0.5, 0.6) is 0 Å². The molecule has 5 heteroatoms. The third kappa shape index (κ3) is 4.24. The Morgan fingerprint density at radius 3 is 1.42 bits per heavy atom. The monoisotopic (exact) mass is 493 g/mol. The molecule has 0 saturated carbocycles. The Balaban J connectivity index is 1.13. The molecule has 0 radical (unpaired) electrons. The molecule has 0 aliphatic rings. The van der Waals surface area contributed by atoms with Crippen LogP contribution in [0.2, 0.25) is 0 Å². The van der Waals surface area contributed by atoms with E-state index in [0.29, 0.717) is 36.0 Å². The fraction of sp³-hybridized carbons (Fsp3) is 0.0606. The van der Waals surface area contributed by atoms with Gasteiger partial charge in [-0.05, 0) is 44.8 Å². The van der Waals surface area contributed by atoms with Gasteiger partial charge in [-0.25, -0.2) is 15.0 Å². The zero-order valence-electron chi connectivity index (χ0n) is 20.5. The summed E-state index contributed by atoms with van der Waals surface area (Å²) >= 11 is 0. The van der Waals surface area contributed by atoms with Crippen LogP contribution in [0, 0.1) is 0 Å². The van der Waals surface area contributed by atoms with Gasteiger partial charge in [-0.3, -0.25) is 0 Å². The average Bonchev–Trinajstić information content (AvgIpc) is 3.64. The molecule has 0 aliphatic heterocycles. The second-order valence-corrected chi connectivity index (χ2v) is 9.33. The number of benzene rings is 4. The Labute approximate surface area is 219 Å². The van der Waals surface area contributed by atoms with Crippen LogP contribution in [0.15, 0.2) is 124 Å². The highest BCUT2D eigenvalue weighted by atomic mass is 16.3. The highest BCUT2D eigenvalue weighted by Gasteiger charge is 2.14. The van der Waals surface area contributed by atoms with Crippen molar-refractivity contribution in [3.63, 3.8) is 0 Å². The molecule has 0 amide bonds. The number of aromatic nitrogens is 3. The van der Waals surface area contributed by atoms with Crippen LogP contribution in [-0.4, -0.2) is 15.0 Å². The number of pyridine rings is 1. The van der Waals surface area contributed by atoms with Gasteiger partial charge in [0.15, 0.2) is 0 Å². The lowest BCUT2D eigenvalue weighted by atomic mass is 10.0. The minimum atomic E-state index is 0.477. The average molecular weight is 494 g/mol. The maximum atomic E-state index is 5.83. The van der Waals surface area contributed by atoms with Crippen LogP contribution in [0.3, 0.4) is 0 Å². The van der Waals surface area contributed by atoms with Crippen molar-refractivity contribution >= 4 is 21.5 Å². The molecule has 0 N–H and O–H groups in total. The molecule has 38 heavy (non-hydrogen) atoms. The zero-order valence-corrected chi connectivity index (χ0v) is 20.5. The third-order valence-corrected chi connectivity index (χ3v) is 6.79. The van der Waals surface area contributed by atoms with Crippen molar-refractivity contribution in [3.8, 4) is 23.2 Å². The minimum absolute atomic E-state index is 0.477. The first-order chi connectivity index (χ1) is 18.8. The highest BCUT2D eigenvalue weighted by molar-refractivity contribution is 5.86. The van der Waals surface area contributed by atoms with E-state index in [1.165, 1.54) is 32.7 Å². The minimum Gasteiger partial charge on any atom is -0.443 e. The fourth-order valence-electron chi connectivity index (χ4n) is 4.97. The number of oxazole rings is 2. The van der Waals surface area contributed by atoms with Crippen molar-refractivity contribution in [2.75, 3.05) is 0 Å². The second kappa shape index (κ2) is 9.45. The molecule has 0 bridgehead atoms. The van der Waals surface area contributed by atoms with Crippen molar-refractivity contribution in [2.24, 2.45) is 0 Å². The first kappa shape index (κ1) is 22.2. The molecule has 5 nitrogen and oxygen atoms in total. The number of fused-ring (bicyclic) bond motifs is 2. The van der Waals surface area contributed by atoms with E-state index in [0.717, 1.165) is 11.4 Å². The number of rotatable bonds is 6. The molecule has 0 fully saturated rings. The lowest BCUT2D eigenvalue weighted by molar-refractivity contribution is 0.566. The SMILES string of the molecule is c1cc(-c2nc(Cc3cccc4ccccc34)co2)nc(-c2nc(Cc3cccc4ccccc34)co2)c1. The Morgan fingerprint density at radius 1 is 0.447 bits per heavy atom. The van der Waals surface area contributed by atoms with Gasteiger partial charge in [-0.15, -0.1) is 0 Å². The summed E-state index contributed by atoms with van der Waals surface area (Å²) in [5, 5.41) is 4.88. The van der Waals surface area contributed by atoms with Crippen molar-refractivity contribution in [1.29, 1.82) is 0 Å². The van der Waals surface area contributed by atoms with Gasteiger partial charge in [0, 0.05) is 12.8 Å². The molecule has 7 rings (SSSR count). The molecule has 0 atom stereocenters. The topological polar surface area (TPSA) is 65.0 Å². The molecular weight excluding hydrogens is 470 g/mol. The predicted octanol–water partition coefficient (Wildman–Crippen LogP) is 7.88. The molecule has 0 saturated heterocycles. The summed E-state index contributed by atoms with van der Waals surface area (Å²) in [6.07, 6.45) is 4.78. The van der Waals surface area contributed by atoms with E-state index >= 15 is 0 Å². The van der Waals surface area contributed by atoms with E-state index in [1.54, 1.807) is 12.5 Å². The Morgan fingerprint density at radius 2 is 0.895 bits per heavy atom. The molecule has 182 valence electrons. The van der Waals surface area contributed by atoms with E-state index < -0.39 is 0 Å².